The second-order valence-corrected chi connectivity index (χ2v) is 16.0. The fourth-order valence-electron chi connectivity index (χ4n) is 9.40. The number of aryl methyl sites for hydroxylation is 2. The Kier molecular flexibility index (Phi) is 10.1. The maximum Gasteiger partial charge on any atom is 0.227 e. The first-order valence-electron chi connectivity index (χ1n) is 20.2. The SMILES string of the molecule is Cc1cc(C)cc(-c2[nH]c3ccc(CC(=O)N4C5CCC4CC5)cc3c2CCN(Cc2cccc(-c3ccncc3)c2)Cc2cccc(-c3ccncc3)c2)c1. The predicted octanol–water partition coefficient (Wildman–Crippen LogP) is 10.5. The Morgan fingerprint density at radius 2 is 1.21 bits per heavy atom. The Bertz CT molecular complexity index is 2360. The third kappa shape index (κ3) is 7.67. The lowest BCUT2D eigenvalue weighted by molar-refractivity contribution is -0.131. The lowest BCUT2D eigenvalue weighted by atomic mass is 9.98. The fraction of sp³-hybridized carbons (Fsp3) is 0.260. The third-order valence-electron chi connectivity index (χ3n) is 11.9. The van der Waals surface area contributed by atoms with Crippen LogP contribution in [0.1, 0.15) is 59.1 Å². The van der Waals surface area contributed by atoms with Gasteiger partial charge in [0.2, 0.25) is 5.91 Å². The second kappa shape index (κ2) is 15.7. The summed E-state index contributed by atoms with van der Waals surface area (Å²) in [6.07, 6.45) is 13.4. The number of carbonyl (C=O) groups is 1. The number of hydrogen-bond acceptors (Lipinski definition) is 4. The quantitative estimate of drug-likeness (QED) is 0.136. The van der Waals surface area contributed by atoms with Crippen molar-refractivity contribution in [2.24, 2.45) is 0 Å². The molecule has 1 amide bonds. The Labute approximate surface area is 330 Å². The smallest absolute Gasteiger partial charge is 0.227 e. The van der Waals surface area contributed by atoms with Crippen molar-refractivity contribution in [2.45, 2.75) is 77.5 Å². The molecule has 3 aromatic heterocycles. The molecule has 0 saturated carbocycles. The molecule has 0 radical (unpaired) electrons. The lowest BCUT2D eigenvalue weighted by Crippen LogP contribution is -2.36. The van der Waals surface area contributed by atoms with E-state index >= 15 is 0 Å². The molecular weight excluding hydrogens is 687 g/mol. The zero-order valence-corrected chi connectivity index (χ0v) is 32.4. The van der Waals surface area contributed by atoms with Gasteiger partial charge >= 0.3 is 0 Å². The van der Waals surface area contributed by atoms with E-state index in [1.165, 1.54) is 66.7 Å². The van der Waals surface area contributed by atoms with E-state index in [0.29, 0.717) is 18.5 Å². The van der Waals surface area contributed by atoms with Crippen molar-refractivity contribution in [3.05, 3.63) is 167 Å². The molecule has 0 unspecified atom stereocenters. The number of H-pyrrole nitrogens is 1. The van der Waals surface area contributed by atoms with Gasteiger partial charge in [-0.25, -0.2) is 0 Å². The van der Waals surface area contributed by atoms with Crippen LogP contribution in [0.25, 0.3) is 44.4 Å². The molecule has 2 aliphatic heterocycles. The number of rotatable bonds is 12. The van der Waals surface area contributed by atoms with Gasteiger partial charge in [-0.15, -0.1) is 0 Å². The van der Waals surface area contributed by atoms with Gasteiger partial charge in [0.15, 0.2) is 0 Å². The highest BCUT2D eigenvalue weighted by Gasteiger charge is 2.41. The van der Waals surface area contributed by atoms with E-state index in [0.717, 1.165) is 62.8 Å². The third-order valence-corrected chi connectivity index (χ3v) is 11.9. The van der Waals surface area contributed by atoms with Crippen molar-refractivity contribution in [3.63, 3.8) is 0 Å². The molecule has 6 heteroatoms. The normalized spacial score (nSPS) is 16.3. The van der Waals surface area contributed by atoms with Gasteiger partial charge in [-0.1, -0.05) is 59.7 Å². The molecule has 2 saturated heterocycles. The molecule has 2 bridgehead atoms. The first kappa shape index (κ1) is 35.8. The van der Waals surface area contributed by atoms with E-state index in [-0.39, 0.29) is 5.91 Å². The van der Waals surface area contributed by atoms with Crippen LogP contribution in [-0.2, 0) is 30.7 Å². The molecule has 1 N–H and O–H groups in total. The van der Waals surface area contributed by atoms with Gasteiger partial charge in [-0.05, 0) is 157 Å². The molecule has 56 heavy (non-hydrogen) atoms. The Balaban J connectivity index is 1.06. The fourth-order valence-corrected chi connectivity index (χ4v) is 9.40. The number of nitrogens with zero attached hydrogens (tertiary/aromatic N) is 4. The summed E-state index contributed by atoms with van der Waals surface area (Å²) < 4.78 is 0. The van der Waals surface area contributed by atoms with Crippen molar-refractivity contribution < 1.29 is 4.79 Å². The summed E-state index contributed by atoms with van der Waals surface area (Å²) in [6.45, 7) is 6.81. The van der Waals surface area contributed by atoms with E-state index in [9.17, 15) is 4.79 Å². The summed E-state index contributed by atoms with van der Waals surface area (Å²) in [7, 11) is 0. The minimum Gasteiger partial charge on any atom is -0.354 e. The highest BCUT2D eigenvalue weighted by molar-refractivity contribution is 5.92. The highest BCUT2D eigenvalue weighted by Crippen LogP contribution is 2.38. The number of carbonyl (C=O) groups excluding carboxylic acids is 1. The number of nitrogens with one attached hydrogen (secondary N) is 1. The molecule has 2 aliphatic rings. The summed E-state index contributed by atoms with van der Waals surface area (Å²) in [4.78, 5) is 30.8. The Morgan fingerprint density at radius 1 is 0.643 bits per heavy atom. The Morgan fingerprint density at radius 3 is 1.79 bits per heavy atom. The van der Waals surface area contributed by atoms with E-state index in [1.807, 2.05) is 24.8 Å². The zero-order chi connectivity index (χ0) is 38.0. The van der Waals surface area contributed by atoms with Crippen LogP contribution < -0.4 is 0 Å². The van der Waals surface area contributed by atoms with Crippen LogP contribution in [0, 0.1) is 13.8 Å². The molecule has 4 aromatic carbocycles. The second-order valence-electron chi connectivity index (χ2n) is 16.0. The van der Waals surface area contributed by atoms with Gasteiger partial charge < -0.3 is 9.88 Å². The van der Waals surface area contributed by atoms with Crippen LogP contribution in [0.3, 0.4) is 0 Å². The number of aromatic nitrogens is 3. The monoisotopic (exact) mass is 735 g/mol. The number of pyridine rings is 2. The molecule has 2 fully saturated rings. The van der Waals surface area contributed by atoms with Gasteiger partial charge in [0.1, 0.15) is 0 Å². The maximum atomic E-state index is 13.7. The number of fused-ring (bicyclic) bond motifs is 3. The molecule has 0 spiro atoms. The van der Waals surface area contributed by atoms with Crippen LogP contribution in [0.15, 0.2) is 134 Å². The van der Waals surface area contributed by atoms with Crippen molar-refractivity contribution in [3.8, 4) is 33.5 Å². The standard InChI is InChI=1S/C50H49N5O/c1-34-25-35(2)27-43(26-34)50-46(47-30-36(9-14-48(47)53-50)31-49(56)55-44-10-11-45(55)13-12-44)19-24-54(32-37-5-3-7-41(28-37)39-15-20-51-21-16-39)33-38-6-4-8-42(29-38)40-17-22-52-23-18-40/h3-9,14-18,20-23,25-30,44-45,53H,10-13,19,24,31-33H2,1-2H3. The summed E-state index contributed by atoms with van der Waals surface area (Å²) >= 11 is 0. The predicted molar refractivity (Wildman–Crippen MR) is 227 cm³/mol. The van der Waals surface area contributed by atoms with Crippen molar-refractivity contribution in [2.75, 3.05) is 6.54 Å². The molecule has 280 valence electrons. The van der Waals surface area contributed by atoms with Crippen LogP contribution in [0.2, 0.25) is 0 Å². The molecule has 0 aliphatic carbocycles. The molecular formula is C50H49N5O. The molecule has 6 nitrogen and oxygen atoms in total. The first-order valence-corrected chi connectivity index (χ1v) is 20.2. The minimum absolute atomic E-state index is 0.287. The van der Waals surface area contributed by atoms with Crippen molar-refractivity contribution in [1.29, 1.82) is 0 Å². The summed E-state index contributed by atoms with van der Waals surface area (Å²) in [5, 5.41) is 1.22. The van der Waals surface area contributed by atoms with E-state index in [4.69, 9.17) is 0 Å². The van der Waals surface area contributed by atoms with Gasteiger partial charge in [0.25, 0.3) is 0 Å². The highest BCUT2D eigenvalue weighted by atomic mass is 16.2. The first-order chi connectivity index (χ1) is 27.4. The number of aromatic amines is 1. The summed E-state index contributed by atoms with van der Waals surface area (Å²) in [5.74, 6) is 0.287. The van der Waals surface area contributed by atoms with Gasteiger partial charge in [0.05, 0.1) is 6.42 Å². The van der Waals surface area contributed by atoms with Crippen LogP contribution in [0.5, 0.6) is 0 Å². The van der Waals surface area contributed by atoms with Crippen LogP contribution in [0.4, 0.5) is 0 Å². The van der Waals surface area contributed by atoms with E-state index in [1.54, 1.807) is 0 Å². The summed E-state index contributed by atoms with van der Waals surface area (Å²) in [5.41, 5.74) is 15.7. The van der Waals surface area contributed by atoms with Crippen LogP contribution >= 0.6 is 0 Å². The molecule has 9 rings (SSSR count). The molecule has 0 atom stereocenters. The lowest BCUT2D eigenvalue weighted by Gasteiger charge is -2.24. The number of benzene rings is 4. The number of hydrogen-bond donors (Lipinski definition) is 1. The largest absolute Gasteiger partial charge is 0.354 e. The Hall–Kier alpha value is -5.85. The minimum atomic E-state index is 0.287. The van der Waals surface area contributed by atoms with Gasteiger partial charge in [0, 0.05) is 73.1 Å². The van der Waals surface area contributed by atoms with E-state index in [2.05, 4.69) is 148 Å². The van der Waals surface area contributed by atoms with Crippen molar-refractivity contribution in [1.82, 2.24) is 24.8 Å². The van der Waals surface area contributed by atoms with Crippen LogP contribution in [-0.4, -0.2) is 49.3 Å². The molecule has 7 aromatic rings. The topological polar surface area (TPSA) is 65.1 Å². The van der Waals surface area contributed by atoms with Gasteiger partial charge in [-0.2, -0.15) is 0 Å². The van der Waals surface area contributed by atoms with E-state index < -0.39 is 0 Å². The summed E-state index contributed by atoms with van der Waals surface area (Å²) in [6, 6.07) is 40.5. The maximum absolute atomic E-state index is 13.7. The average Bonchev–Trinajstić information content (AvgIpc) is 3.94. The number of amides is 1. The zero-order valence-electron chi connectivity index (χ0n) is 32.4. The van der Waals surface area contributed by atoms with Crippen molar-refractivity contribution >= 4 is 16.8 Å². The average molecular weight is 736 g/mol. The van der Waals surface area contributed by atoms with Gasteiger partial charge in [-0.3, -0.25) is 19.7 Å². The molecule has 5 heterocycles.